The second-order valence-corrected chi connectivity index (χ2v) is 10.2. The molecular weight excluding hydrogens is 462 g/mol. The van der Waals surface area contributed by atoms with E-state index in [-0.39, 0.29) is 12.1 Å². The molecule has 0 saturated carbocycles. The Balaban J connectivity index is 1.42. The van der Waals surface area contributed by atoms with Gasteiger partial charge in [0, 0.05) is 32.7 Å². The normalized spacial score (nSPS) is 14.9. The predicted molar refractivity (Wildman–Crippen MR) is 139 cm³/mol. The summed E-state index contributed by atoms with van der Waals surface area (Å²) < 4.78 is 18.6. The van der Waals surface area contributed by atoms with Gasteiger partial charge in [0.2, 0.25) is 0 Å². The highest BCUT2D eigenvalue weighted by molar-refractivity contribution is 5.83. The Kier molecular flexibility index (Phi) is 9.98. The van der Waals surface area contributed by atoms with Crippen molar-refractivity contribution >= 4 is 23.1 Å². The number of fused-ring (bicyclic) bond motifs is 1. The molecule has 11 heteroatoms. The maximum atomic E-state index is 12.2. The average molecular weight is 506 g/mol. The second kappa shape index (κ2) is 12.9. The minimum Gasteiger partial charge on any atom is -0.468 e. The predicted octanol–water partition coefficient (Wildman–Crippen LogP) is 3.71. The molecule has 3 heterocycles. The molecule has 202 valence electrons. The molecule has 3 rings (SSSR count). The molecule has 0 radical (unpaired) electrons. The number of methoxy groups -OCH3 is 1. The van der Waals surface area contributed by atoms with Gasteiger partial charge in [0.1, 0.15) is 5.60 Å². The maximum absolute atomic E-state index is 12.2. The van der Waals surface area contributed by atoms with Gasteiger partial charge in [-0.15, -0.1) is 0 Å². The number of nitrogen functional groups attached to an aromatic ring is 1. The lowest BCUT2D eigenvalue weighted by Gasteiger charge is -2.35. The molecule has 36 heavy (non-hydrogen) atoms. The summed E-state index contributed by atoms with van der Waals surface area (Å²) in [6.45, 7) is 13.4. The number of hydrogen-bond acceptors (Lipinski definition) is 9. The van der Waals surface area contributed by atoms with Gasteiger partial charge in [-0.1, -0.05) is 26.2 Å². The number of carbonyl (C=O) groups excluding carboxylic acids is 1. The van der Waals surface area contributed by atoms with Gasteiger partial charge >= 0.3 is 12.1 Å². The van der Waals surface area contributed by atoms with Gasteiger partial charge in [-0.25, -0.2) is 4.79 Å². The number of nitrogens with zero attached hydrogens (tertiary/aromatic N) is 6. The quantitative estimate of drug-likeness (QED) is 0.430. The third kappa shape index (κ3) is 7.84. The molecule has 1 aliphatic heterocycles. The van der Waals surface area contributed by atoms with Crippen molar-refractivity contribution in [3.05, 3.63) is 0 Å². The zero-order valence-corrected chi connectivity index (χ0v) is 22.6. The summed E-state index contributed by atoms with van der Waals surface area (Å²) in [6, 6.07) is 0.767. The smallest absolute Gasteiger partial charge is 0.410 e. The van der Waals surface area contributed by atoms with E-state index < -0.39 is 5.60 Å². The van der Waals surface area contributed by atoms with Crippen LogP contribution in [0.2, 0.25) is 0 Å². The number of nitrogens with two attached hydrogens (primary N) is 1. The van der Waals surface area contributed by atoms with Gasteiger partial charge in [-0.3, -0.25) is 9.47 Å². The molecule has 1 fully saturated rings. The largest absolute Gasteiger partial charge is 0.468 e. The number of piperazine rings is 1. The van der Waals surface area contributed by atoms with E-state index in [9.17, 15) is 4.79 Å². The Bertz CT molecular complexity index is 981. The number of carbonyl (C=O) groups is 1. The van der Waals surface area contributed by atoms with Gasteiger partial charge in [-0.05, 0) is 46.6 Å². The van der Waals surface area contributed by atoms with E-state index in [0.29, 0.717) is 29.6 Å². The number of unbranched alkanes of at least 4 members (excludes halogenated alkanes) is 4. The van der Waals surface area contributed by atoms with Crippen molar-refractivity contribution in [2.45, 2.75) is 78.4 Å². The summed E-state index contributed by atoms with van der Waals surface area (Å²) in [4.78, 5) is 29.7. The highest BCUT2D eigenvalue weighted by Gasteiger charge is 2.25. The lowest BCUT2D eigenvalue weighted by atomic mass is 10.1. The molecule has 0 atom stereocenters. The van der Waals surface area contributed by atoms with Crippen LogP contribution in [-0.4, -0.2) is 87.5 Å². The van der Waals surface area contributed by atoms with Crippen LogP contribution in [-0.2, 0) is 11.3 Å². The molecule has 0 aliphatic carbocycles. The number of aromatic nitrogens is 4. The Hall–Kier alpha value is -2.82. The number of anilines is 1. The third-order valence-electron chi connectivity index (χ3n) is 6.11. The van der Waals surface area contributed by atoms with Gasteiger partial charge < -0.3 is 24.8 Å². The van der Waals surface area contributed by atoms with Gasteiger partial charge in [0.05, 0.1) is 13.7 Å². The third-order valence-corrected chi connectivity index (χ3v) is 6.11. The summed E-state index contributed by atoms with van der Waals surface area (Å²) in [5.74, 6) is 0.301. The Morgan fingerprint density at radius 3 is 2.31 bits per heavy atom. The molecule has 2 aromatic heterocycles. The van der Waals surface area contributed by atoms with E-state index in [1.807, 2.05) is 25.3 Å². The van der Waals surface area contributed by atoms with Crippen LogP contribution in [0.1, 0.15) is 66.2 Å². The topological polar surface area (TPSA) is 121 Å². The van der Waals surface area contributed by atoms with Gasteiger partial charge in [-0.2, -0.15) is 15.0 Å². The van der Waals surface area contributed by atoms with E-state index in [0.717, 1.165) is 77.8 Å². The first-order chi connectivity index (χ1) is 17.2. The molecule has 0 unspecified atom stereocenters. The lowest BCUT2D eigenvalue weighted by molar-refractivity contribution is 0.0144. The molecule has 0 bridgehead atoms. The molecule has 11 nitrogen and oxygen atoms in total. The molecule has 1 saturated heterocycles. The Morgan fingerprint density at radius 2 is 1.67 bits per heavy atom. The van der Waals surface area contributed by atoms with Crippen LogP contribution in [0.25, 0.3) is 11.2 Å². The van der Waals surface area contributed by atoms with Crippen molar-refractivity contribution < 1.29 is 19.0 Å². The molecule has 2 aromatic rings. The van der Waals surface area contributed by atoms with E-state index >= 15 is 0 Å². The second-order valence-electron chi connectivity index (χ2n) is 10.2. The minimum atomic E-state index is -0.453. The van der Waals surface area contributed by atoms with Crippen LogP contribution < -0.4 is 15.2 Å². The number of aryl methyl sites for hydroxylation is 1. The monoisotopic (exact) mass is 505 g/mol. The first-order valence-corrected chi connectivity index (χ1v) is 13.1. The van der Waals surface area contributed by atoms with Crippen molar-refractivity contribution in [2.24, 2.45) is 0 Å². The first-order valence-electron chi connectivity index (χ1n) is 13.1. The van der Waals surface area contributed by atoms with E-state index in [2.05, 4.69) is 26.8 Å². The van der Waals surface area contributed by atoms with Crippen LogP contribution in [0.4, 0.5) is 10.6 Å². The SMILES string of the molecule is CCCCOc1nc(N)c2nc(OC)n(CCCCCCN3CCN(C(=O)OC(C)(C)C)CC3)c2n1. The van der Waals surface area contributed by atoms with Crippen molar-refractivity contribution in [3.8, 4) is 12.0 Å². The summed E-state index contributed by atoms with van der Waals surface area (Å²) in [5.41, 5.74) is 6.86. The van der Waals surface area contributed by atoms with Crippen LogP contribution in [0, 0.1) is 0 Å². The molecule has 1 amide bonds. The van der Waals surface area contributed by atoms with Crippen molar-refractivity contribution in [1.82, 2.24) is 29.3 Å². The fourth-order valence-corrected chi connectivity index (χ4v) is 4.15. The number of rotatable bonds is 12. The van der Waals surface area contributed by atoms with E-state index in [1.165, 1.54) is 0 Å². The van der Waals surface area contributed by atoms with Gasteiger partial charge in [0.15, 0.2) is 17.0 Å². The molecule has 2 N–H and O–H groups in total. The van der Waals surface area contributed by atoms with Crippen LogP contribution in [0.3, 0.4) is 0 Å². The first kappa shape index (κ1) is 27.8. The van der Waals surface area contributed by atoms with Crippen LogP contribution in [0.15, 0.2) is 0 Å². The number of imidazole rings is 1. The molecular formula is C25H43N7O4. The lowest BCUT2D eigenvalue weighted by Crippen LogP contribution is -2.50. The number of hydrogen-bond donors (Lipinski definition) is 1. The molecule has 1 aliphatic rings. The van der Waals surface area contributed by atoms with Gasteiger partial charge in [0.25, 0.3) is 6.01 Å². The zero-order valence-electron chi connectivity index (χ0n) is 22.6. The highest BCUT2D eigenvalue weighted by atomic mass is 16.6. The van der Waals surface area contributed by atoms with Crippen molar-refractivity contribution in [2.75, 3.05) is 52.2 Å². The summed E-state index contributed by atoms with van der Waals surface area (Å²) in [6.07, 6.45) is 6.07. The zero-order chi connectivity index (χ0) is 26.1. The minimum absolute atomic E-state index is 0.212. The van der Waals surface area contributed by atoms with E-state index in [1.54, 1.807) is 12.0 Å². The average Bonchev–Trinajstić information content (AvgIpc) is 3.19. The number of amides is 1. The Labute approximate surface area is 214 Å². The molecule has 0 spiro atoms. The van der Waals surface area contributed by atoms with Crippen molar-refractivity contribution in [3.63, 3.8) is 0 Å². The van der Waals surface area contributed by atoms with E-state index in [4.69, 9.17) is 19.9 Å². The van der Waals surface area contributed by atoms with Crippen LogP contribution in [0.5, 0.6) is 12.0 Å². The standard InChI is InChI=1S/C25H43N7O4/c1-6-7-18-35-22-28-20(26)19-21(29-22)32(23(27-19)34-5)13-11-9-8-10-12-30-14-16-31(17-15-30)24(33)36-25(2,3)4/h6-18H2,1-5H3,(H2,26,28,29). The number of ether oxygens (including phenoxy) is 3. The summed E-state index contributed by atoms with van der Waals surface area (Å²) >= 11 is 0. The molecule has 0 aromatic carbocycles. The highest BCUT2D eigenvalue weighted by Crippen LogP contribution is 2.26. The maximum Gasteiger partial charge on any atom is 0.410 e. The fourth-order valence-electron chi connectivity index (χ4n) is 4.15. The summed E-state index contributed by atoms with van der Waals surface area (Å²) in [5, 5.41) is 0. The Morgan fingerprint density at radius 1 is 0.972 bits per heavy atom. The van der Waals surface area contributed by atoms with Crippen molar-refractivity contribution in [1.29, 1.82) is 0 Å². The van der Waals surface area contributed by atoms with Crippen LogP contribution >= 0.6 is 0 Å². The summed E-state index contributed by atoms with van der Waals surface area (Å²) in [7, 11) is 1.60. The fraction of sp³-hybridized carbons (Fsp3) is 0.760.